The summed E-state index contributed by atoms with van der Waals surface area (Å²) < 4.78 is 34.1. The van der Waals surface area contributed by atoms with Gasteiger partial charge in [0.25, 0.3) is 0 Å². The maximum atomic E-state index is 12.7. The summed E-state index contributed by atoms with van der Waals surface area (Å²) in [4.78, 5) is 35.3. The Morgan fingerprint density at radius 3 is 1.88 bits per heavy atom. The molecule has 0 aromatic rings. The summed E-state index contributed by atoms with van der Waals surface area (Å²) in [5, 5.41) is 9.88. The Morgan fingerprint density at radius 1 is 0.649 bits per heavy atom. The van der Waals surface area contributed by atoms with Crippen molar-refractivity contribution in [3.05, 3.63) is 85.1 Å². The Morgan fingerprint density at radius 2 is 1.23 bits per heavy atom. The van der Waals surface area contributed by atoms with Crippen LogP contribution >= 0.6 is 7.82 Å². The third-order valence-corrected chi connectivity index (χ3v) is 9.47. The molecule has 0 saturated heterocycles. The number of phosphoric ester groups is 1. The summed E-state index contributed by atoms with van der Waals surface area (Å²) >= 11 is 0. The summed E-state index contributed by atoms with van der Waals surface area (Å²) in [6.45, 7) is 4.04. The minimum atomic E-state index is -4.41. The van der Waals surface area contributed by atoms with Gasteiger partial charge < -0.3 is 24.0 Å². The number of likely N-dealkylation sites (N-methyl/N-ethyl adjacent to an activating group) is 1. The molecule has 0 amide bonds. The van der Waals surface area contributed by atoms with Gasteiger partial charge in [-0.05, 0) is 77.0 Å². The smallest absolute Gasteiger partial charge is 0.462 e. The molecule has 326 valence electrons. The molecule has 0 rings (SSSR count). The third-order valence-electron chi connectivity index (χ3n) is 8.49. The largest absolute Gasteiger partial charge is 0.472 e. The molecular formula is C46H79NO9P+. The van der Waals surface area contributed by atoms with E-state index in [0.29, 0.717) is 30.3 Å². The summed E-state index contributed by atoms with van der Waals surface area (Å²) in [5.74, 6) is -0.928. The van der Waals surface area contributed by atoms with E-state index in [1.807, 2.05) is 51.5 Å². The molecule has 0 fully saturated rings. The number of ether oxygens (including phenoxy) is 2. The monoisotopic (exact) mass is 821 g/mol. The lowest BCUT2D eigenvalue weighted by Gasteiger charge is -2.24. The molecule has 2 N–H and O–H groups in total. The quantitative estimate of drug-likeness (QED) is 0.0157. The summed E-state index contributed by atoms with van der Waals surface area (Å²) in [6.07, 6.45) is 44.0. The van der Waals surface area contributed by atoms with Crippen LogP contribution in [0.5, 0.6) is 0 Å². The molecule has 0 aliphatic heterocycles. The average molecular weight is 821 g/mol. The minimum absolute atomic E-state index is 0.00479. The lowest BCUT2D eigenvalue weighted by atomic mass is 10.1. The number of hydrogen-bond acceptors (Lipinski definition) is 8. The number of phosphoric acid groups is 1. The van der Waals surface area contributed by atoms with Crippen molar-refractivity contribution >= 4 is 19.8 Å². The molecule has 3 atom stereocenters. The van der Waals surface area contributed by atoms with Gasteiger partial charge in [-0.2, -0.15) is 0 Å². The highest BCUT2D eigenvalue weighted by Crippen LogP contribution is 2.43. The maximum absolute atomic E-state index is 12.7. The molecule has 0 aliphatic carbocycles. The molecule has 11 heteroatoms. The van der Waals surface area contributed by atoms with E-state index in [4.69, 9.17) is 18.5 Å². The highest BCUT2D eigenvalue weighted by molar-refractivity contribution is 7.47. The fourth-order valence-corrected chi connectivity index (χ4v) is 5.84. The van der Waals surface area contributed by atoms with Gasteiger partial charge in [0.2, 0.25) is 0 Å². The van der Waals surface area contributed by atoms with Crippen molar-refractivity contribution in [3.63, 3.8) is 0 Å². The number of rotatable bonds is 37. The van der Waals surface area contributed by atoms with Gasteiger partial charge in [-0.1, -0.05) is 131 Å². The molecule has 0 saturated carbocycles. The van der Waals surface area contributed by atoms with E-state index < -0.39 is 38.6 Å². The van der Waals surface area contributed by atoms with Crippen LogP contribution < -0.4 is 0 Å². The fraction of sp³-hybridized carbons (Fsp3) is 0.652. The van der Waals surface area contributed by atoms with Crippen molar-refractivity contribution in [3.8, 4) is 0 Å². The van der Waals surface area contributed by atoms with Gasteiger partial charge in [-0.15, -0.1) is 0 Å². The standard InChI is InChI=1S/C46H78NO9P/c1-6-8-10-11-12-13-14-15-16-17-18-19-20-23-26-29-33-37-45(49)53-41-44(42-55-57(51,52)54-40-39-47(3,4)5)56-46(50)38-34-30-27-24-21-22-25-28-32-36-43(48)35-31-9-7-2/h9,12-13,15-16,18-19,23,25-26,28,31-32,36,43-44,48H,6-8,10-11,14,17,20-22,24,27,29-30,33-35,37-42H2,1-5H3/p+1/b13-12-,16-15-,19-18-,26-23-,28-25+,31-9+,36-32+/t43?,44-/m1/s1. The van der Waals surface area contributed by atoms with Crippen LogP contribution in [0.15, 0.2) is 85.1 Å². The van der Waals surface area contributed by atoms with Gasteiger partial charge in [-0.3, -0.25) is 18.6 Å². The van der Waals surface area contributed by atoms with E-state index in [2.05, 4.69) is 62.5 Å². The number of carbonyl (C=O) groups is 2. The maximum Gasteiger partial charge on any atom is 0.472 e. The second-order valence-corrected chi connectivity index (χ2v) is 16.6. The first kappa shape index (κ1) is 54.2. The Hall–Kier alpha value is -2.85. The Balaban J connectivity index is 4.56. The topological polar surface area (TPSA) is 129 Å². The number of allylic oxidation sites excluding steroid dienone is 12. The molecule has 0 radical (unpaired) electrons. The van der Waals surface area contributed by atoms with Crippen molar-refractivity contribution < 1.29 is 47.2 Å². The Bertz CT molecular complexity index is 1260. The second kappa shape index (κ2) is 37.4. The number of aliphatic hydroxyl groups is 1. The average Bonchev–Trinajstić information content (AvgIpc) is 3.15. The van der Waals surface area contributed by atoms with Gasteiger partial charge in [0.1, 0.15) is 19.8 Å². The van der Waals surface area contributed by atoms with Gasteiger partial charge in [0, 0.05) is 12.8 Å². The highest BCUT2D eigenvalue weighted by Gasteiger charge is 2.27. The second-order valence-electron chi connectivity index (χ2n) is 15.2. The Labute approximate surface area is 346 Å². The molecule has 10 nitrogen and oxygen atoms in total. The van der Waals surface area contributed by atoms with Crippen molar-refractivity contribution in [2.45, 2.75) is 148 Å². The van der Waals surface area contributed by atoms with Gasteiger partial charge >= 0.3 is 19.8 Å². The Kier molecular flexibility index (Phi) is 35.6. The van der Waals surface area contributed by atoms with Crippen molar-refractivity contribution in [1.29, 1.82) is 0 Å². The number of nitrogens with zero attached hydrogens (tertiary/aromatic N) is 1. The fourth-order valence-electron chi connectivity index (χ4n) is 5.10. The van der Waals surface area contributed by atoms with Gasteiger partial charge in [0.15, 0.2) is 6.10 Å². The molecule has 0 aliphatic rings. The molecule has 0 aromatic heterocycles. The highest BCUT2D eigenvalue weighted by atomic mass is 31.2. The van der Waals surface area contributed by atoms with E-state index in [1.165, 1.54) is 25.7 Å². The first-order valence-electron chi connectivity index (χ1n) is 21.4. The van der Waals surface area contributed by atoms with E-state index in [9.17, 15) is 24.2 Å². The van der Waals surface area contributed by atoms with Gasteiger partial charge in [-0.25, -0.2) is 4.57 Å². The molecule has 0 aromatic carbocycles. The van der Waals surface area contributed by atoms with Crippen LogP contribution in [0.25, 0.3) is 0 Å². The van der Waals surface area contributed by atoms with Crippen LogP contribution in [0, 0.1) is 0 Å². The van der Waals surface area contributed by atoms with Crippen molar-refractivity contribution in [1.82, 2.24) is 0 Å². The minimum Gasteiger partial charge on any atom is -0.462 e. The van der Waals surface area contributed by atoms with Gasteiger partial charge in [0.05, 0.1) is 33.9 Å². The van der Waals surface area contributed by atoms with Crippen LogP contribution in [-0.4, -0.2) is 86.1 Å². The van der Waals surface area contributed by atoms with Crippen LogP contribution in [-0.2, 0) is 32.7 Å². The number of esters is 2. The number of quaternary nitrogens is 1. The normalized spacial score (nSPS) is 15.0. The van der Waals surface area contributed by atoms with Crippen LogP contribution in [0.1, 0.15) is 136 Å². The predicted octanol–water partition coefficient (Wildman–Crippen LogP) is 11.0. The summed E-state index contributed by atoms with van der Waals surface area (Å²) in [7, 11) is 1.38. The lowest BCUT2D eigenvalue weighted by Crippen LogP contribution is -2.37. The van der Waals surface area contributed by atoms with E-state index in [-0.39, 0.29) is 26.1 Å². The first-order valence-corrected chi connectivity index (χ1v) is 22.9. The van der Waals surface area contributed by atoms with Crippen LogP contribution in [0.4, 0.5) is 0 Å². The first-order chi connectivity index (χ1) is 27.4. The summed E-state index contributed by atoms with van der Waals surface area (Å²) in [5.41, 5.74) is 0. The van der Waals surface area contributed by atoms with Crippen molar-refractivity contribution in [2.24, 2.45) is 0 Å². The molecule has 0 heterocycles. The lowest BCUT2D eigenvalue weighted by molar-refractivity contribution is -0.870. The SMILES string of the molecule is CC/C=C/CC(O)/C=C/C=C/CCCCCCCC(=O)O[C@H](COC(=O)CCC/C=C\C/C=C\C/C=C\C/C=C\CCCCC)COP(=O)(O)OCC[N+](C)(C)C. The van der Waals surface area contributed by atoms with Crippen molar-refractivity contribution in [2.75, 3.05) is 47.5 Å². The molecular weight excluding hydrogens is 741 g/mol. The zero-order chi connectivity index (χ0) is 42.3. The number of hydrogen-bond donors (Lipinski definition) is 2. The number of aliphatic hydroxyl groups excluding tert-OH is 1. The van der Waals surface area contributed by atoms with E-state index in [0.717, 1.165) is 64.2 Å². The zero-order valence-electron chi connectivity index (χ0n) is 36.1. The molecule has 0 bridgehead atoms. The van der Waals surface area contributed by atoms with E-state index >= 15 is 0 Å². The predicted molar refractivity (Wildman–Crippen MR) is 235 cm³/mol. The zero-order valence-corrected chi connectivity index (χ0v) is 37.0. The number of unbranched alkanes of at least 4 members (excludes halogenated alkanes) is 9. The van der Waals surface area contributed by atoms with E-state index in [1.54, 1.807) is 6.08 Å². The molecule has 0 spiro atoms. The number of carbonyl (C=O) groups excluding carboxylic acids is 2. The third kappa shape index (κ3) is 41.1. The molecule has 2 unspecified atom stereocenters. The molecule has 57 heavy (non-hydrogen) atoms. The summed E-state index contributed by atoms with van der Waals surface area (Å²) in [6, 6.07) is 0. The van der Waals surface area contributed by atoms with Crippen LogP contribution in [0.3, 0.4) is 0 Å². The van der Waals surface area contributed by atoms with Crippen LogP contribution in [0.2, 0.25) is 0 Å².